The molecule has 0 aliphatic heterocycles. The molecule has 1 aromatic rings. The van der Waals surface area contributed by atoms with Crippen LogP contribution in [-0.4, -0.2) is 22.7 Å². The Kier molecular flexibility index (Phi) is 3.69. The van der Waals surface area contributed by atoms with Crippen LogP contribution < -0.4 is 5.32 Å². The average Bonchev–Trinajstić information content (AvgIpc) is 2.11. The molecule has 0 bridgehead atoms. The van der Waals surface area contributed by atoms with Crippen molar-refractivity contribution in [1.82, 2.24) is 4.98 Å². The van der Waals surface area contributed by atoms with Crippen LogP contribution in [0.5, 0.6) is 0 Å². The van der Waals surface area contributed by atoms with E-state index >= 15 is 0 Å². The second kappa shape index (κ2) is 4.58. The lowest BCUT2D eigenvalue weighted by Gasteiger charge is -2.11. The van der Waals surface area contributed by atoms with Crippen molar-refractivity contribution in [3.05, 3.63) is 22.3 Å². The number of aliphatic hydroxyl groups excluding tert-OH is 1. The number of pyridine rings is 1. The Hall–Kier alpha value is -0.610. The molecule has 13 heavy (non-hydrogen) atoms. The lowest BCUT2D eigenvalue weighted by Crippen LogP contribution is -2.19. The predicted octanol–water partition coefficient (Wildman–Crippen LogP) is 1.95. The molecular weight excluding hydrogens is 232 g/mol. The number of hydrogen-bond donors (Lipinski definition) is 2. The minimum atomic E-state index is 0.0353. The second-order valence-corrected chi connectivity index (χ2v) is 3.90. The van der Waals surface area contributed by atoms with Crippen molar-refractivity contribution in [1.29, 1.82) is 0 Å². The van der Waals surface area contributed by atoms with Crippen molar-refractivity contribution >= 4 is 21.7 Å². The summed E-state index contributed by atoms with van der Waals surface area (Å²) in [4.78, 5) is 4.16. The lowest BCUT2D eigenvalue weighted by atomic mass is 10.3. The van der Waals surface area contributed by atoms with Crippen LogP contribution in [-0.2, 0) is 0 Å². The van der Waals surface area contributed by atoms with Crippen LogP contribution in [0.15, 0.2) is 16.7 Å². The van der Waals surface area contributed by atoms with Gasteiger partial charge in [0.25, 0.3) is 0 Å². The molecule has 72 valence electrons. The van der Waals surface area contributed by atoms with Gasteiger partial charge in [0.15, 0.2) is 0 Å². The molecule has 0 aliphatic carbocycles. The maximum absolute atomic E-state index is 8.82. The zero-order valence-corrected chi connectivity index (χ0v) is 9.30. The van der Waals surface area contributed by atoms with Crippen LogP contribution in [0.25, 0.3) is 0 Å². The summed E-state index contributed by atoms with van der Waals surface area (Å²) < 4.78 is 0.995. The molecule has 1 unspecified atom stereocenters. The van der Waals surface area contributed by atoms with Gasteiger partial charge in [0.05, 0.1) is 6.61 Å². The summed E-state index contributed by atoms with van der Waals surface area (Å²) in [6, 6.07) is 1.98. The maximum atomic E-state index is 8.82. The predicted molar refractivity (Wildman–Crippen MR) is 56.8 cm³/mol. The molecule has 0 saturated carbocycles. The van der Waals surface area contributed by atoms with Crippen molar-refractivity contribution in [3.8, 4) is 0 Å². The number of halogens is 1. The van der Waals surface area contributed by atoms with Gasteiger partial charge < -0.3 is 10.4 Å². The molecule has 1 heterocycles. The number of nitrogens with one attached hydrogen (secondary N) is 1. The Morgan fingerprint density at radius 1 is 1.69 bits per heavy atom. The molecule has 0 spiro atoms. The van der Waals surface area contributed by atoms with Gasteiger partial charge in [0, 0.05) is 16.7 Å². The van der Waals surface area contributed by atoms with Gasteiger partial charge in [-0.2, -0.15) is 0 Å². The lowest BCUT2D eigenvalue weighted by molar-refractivity contribution is 0.281. The van der Waals surface area contributed by atoms with E-state index in [0.717, 1.165) is 15.9 Å². The first-order valence-electron chi connectivity index (χ1n) is 4.13. The summed E-state index contributed by atoms with van der Waals surface area (Å²) in [5.74, 6) is 0.794. The van der Waals surface area contributed by atoms with Gasteiger partial charge in [-0.05, 0) is 41.4 Å². The smallest absolute Gasteiger partial charge is 0.126 e. The Bertz CT molecular complexity index is 291. The molecule has 1 rings (SSSR count). The van der Waals surface area contributed by atoms with Crippen LogP contribution >= 0.6 is 15.9 Å². The molecule has 0 radical (unpaired) electrons. The van der Waals surface area contributed by atoms with Crippen molar-refractivity contribution in [2.24, 2.45) is 0 Å². The van der Waals surface area contributed by atoms with Crippen molar-refractivity contribution in [3.63, 3.8) is 0 Å². The molecule has 0 aliphatic rings. The zero-order valence-electron chi connectivity index (χ0n) is 7.71. The van der Waals surface area contributed by atoms with Gasteiger partial charge in [-0.15, -0.1) is 0 Å². The number of rotatable bonds is 3. The summed E-state index contributed by atoms with van der Waals surface area (Å²) >= 11 is 3.37. The number of anilines is 1. The van der Waals surface area contributed by atoms with Crippen molar-refractivity contribution in [2.45, 2.75) is 19.9 Å². The highest BCUT2D eigenvalue weighted by Gasteiger charge is 2.02. The van der Waals surface area contributed by atoms with Gasteiger partial charge in [-0.1, -0.05) is 0 Å². The summed E-state index contributed by atoms with van der Waals surface area (Å²) in [5.41, 5.74) is 1.13. The van der Waals surface area contributed by atoms with Gasteiger partial charge in [-0.25, -0.2) is 4.98 Å². The third-order valence-electron chi connectivity index (χ3n) is 1.72. The molecule has 1 atom stereocenters. The quantitative estimate of drug-likeness (QED) is 0.855. The highest BCUT2D eigenvalue weighted by Crippen LogP contribution is 2.17. The summed E-state index contributed by atoms with van der Waals surface area (Å²) in [6.45, 7) is 4.01. The Balaban J connectivity index is 2.73. The monoisotopic (exact) mass is 244 g/mol. The molecule has 0 amide bonds. The second-order valence-electron chi connectivity index (χ2n) is 3.05. The van der Waals surface area contributed by atoms with Gasteiger partial charge in [-0.3, -0.25) is 0 Å². The van der Waals surface area contributed by atoms with Crippen LogP contribution in [0.2, 0.25) is 0 Å². The summed E-state index contributed by atoms with van der Waals surface area (Å²) in [6.07, 6.45) is 1.75. The summed E-state index contributed by atoms with van der Waals surface area (Å²) in [7, 11) is 0. The van der Waals surface area contributed by atoms with Crippen LogP contribution in [0.4, 0.5) is 5.82 Å². The molecule has 1 aromatic heterocycles. The fourth-order valence-electron chi connectivity index (χ4n) is 0.916. The van der Waals surface area contributed by atoms with E-state index in [2.05, 4.69) is 26.2 Å². The van der Waals surface area contributed by atoms with Crippen molar-refractivity contribution < 1.29 is 5.11 Å². The Morgan fingerprint density at radius 2 is 2.38 bits per heavy atom. The third kappa shape index (κ3) is 2.97. The van der Waals surface area contributed by atoms with Crippen LogP contribution in [0, 0.1) is 6.92 Å². The van der Waals surface area contributed by atoms with E-state index in [9.17, 15) is 0 Å². The molecule has 2 N–H and O–H groups in total. The number of nitrogens with zero attached hydrogens (tertiary/aromatic N) is 1. The first kappa shape index (κ1) is 10.5. The fraction of sp³-hybridized carbons (Fsp3) is 0.444. The fourth-order valence-corrected chi connectivity index (χ4v) is 1.13. The standard InChI is InChI=1S/C9H13BrN2O/c1-6-3-9(11-4-8(6)10)12-7(2)5-13/h3-4,7,13H,5H2,1-2H3,(H,11,12). The highest BCUT2D eigenvalue weighted by molar-refractivity contribution is 9.10. The van der Waals surface area contributed by atoms with Crippen molar-refractivity contribution in [2.75, 3.05) is 11.9 Å². The normalized spacial score (nSPS) is 12.6. The van der Waals surface area contributed by atoms with E-state index in [1.807, 2.05) is 19.9 Å². The van der Waals surface area contributed by atoms with Crippen LogP contribution in [0.3, 0.4) is 0 Å². The first-order valence-corrected chi connectivity index (χ1v) is 4.92. The van der Waals surface area contributed by atoms with E-state index < -0.39 is 0 Å². The van der Waals surface area contributed by atoms with E-state index in [0.29, 0.717) is 0 Å². The average molecular weight is 245 g/mol. The minimum Gasteiger partial charge on any atom is -0.394 e. The van der Waals surface area contributed by atoms with Gasteiger partial charge in [0.1, 0.15) is 5.82 Å². The minimum absolute atomic E-state index is 0.0353. The van der Waals surface area contributed by atoms with E-state index in [-0.39, 0.29) is 12.6 Å². The number of aliphatic hydroxyl groups is 1. The Morgan fingerprint density at radius 3 is 2.92 bits per heavy atom. The van der Waals surface area contributed by atoms with Gasteiger partial charge >= 0.3 is 0 Å². The molecule has 4 heteroatoms. The van der Waals surface area contributed by atoms with Gasteiger partial charge in [0.2, 0.25) is 0 Å². The molecule has 0 saturated heterocycles. The number of hydrogen-bond acceptors (Lipinski definition) is 3. The van der Waals surface area contributed by atoms with E-state index in [4.69, 9.17) is 5.11 Å². The highest BCUT2D eigenvalue weighted by atomic mass is 79.9. The largest absolute Gasteiger partial charge is 0.394 e. The number of aromatic nitrogens is 1. The molecule has 0 aromatic carbocycles. The van der Waals surface area contributed by atoms with E-state index in [1.54, 1.807) is 6.20 Å². The maximum Gasteiger partial charge on any atom is 0.126 e. The SMILES string of the molecule is Cc1cc(NC(C)CO)ncc1Br. The molecule has 3 nitrogen and oxygen atoms in total. The number of aryl methyl sites for hydroxylation is 1. The zero-order chi connectivity index (χ0) is 9.84. The third-order valence-corrected chi connectivity index (χ3v) is 2.55. The van der Waals surface area contributed by atoms with Crippen LogP contribution in [0.1, 0.15) is 12.5 Å². The summed E-state index contributed by atoms with van der Waals surface area (Å²) in [5, 5.41) is 11.9. The topological polar surface area (TPSA) is 45.1 Å². The molecule has 0 fully saturated rings. The Labute approximate surface area is 86.3 Å². The van der Waals surface area contributed by atoms with E-state index in [1.165, 1.54) is 0 Å². The first-order chi connectivity index (χ1) is 6.13. The molecular formula is C9H13BrN2O.